The summed E-state index contributed by atoms with van der Waals surface area (Å²) in [5.74, 6) is 0. The number of benzene rings is 1. The van der Waals surface area contributed by atoms with Gasteiger partial charge in [-0.15, -0.1) is 0 Å². The highest BCUT2D eigenvalue weighted by molar-refractivity contribution is 5.63. The van der Waals surface area contributed by atoms with Crippen LogP contribution in [0.3, 0.4) is 0 Å². The molecule has 4 nitrogen and oxygen atoms in total. The van der Waals surface area contributed by atoms with E-state index in [1.807, 2.05) is 12.1 Å². The quantitative estimate of drug-likeness (QED) is 0.788. The van der Waals surface area contributed by atoms with E-state index in [0.717, 1.165) is 31.8 Å². The van der Waals surface area contributed by atoms with Crippen molar-refractivity contribution in [3.8, 4) is 6.07 Å². The monoisotopic (exact) mass is 231 g/mol. The van der Waals surface area contributed by atoms with Gasteiger partial charge in [0.25, 0.3) is 0 Å². The van der Waals surface area contributed by atoms with Crippen LogP contribution in [0.1, 0.15) is 18.9 Å². The summed E-state index contributed by atoms with van der Waals surface area (Å²) in [6.45, 7) is 4.64. The SMILES string of the molecule is CCC1CN(c2ccc(C#N)c(N)c2)CCO1. The molecule has 0 amide bonds. The first-order valence-corrected chi connectivity index (χ1v) is 5.90. The highest BCUT2D eigenvalue weighted by atomic mass is 16.5. The Kier molecular flexibility index (Phi) is 3.50. The number of nitrogens with zero attached hydrogens (tertiary/aromatic N) is 2. The summed E-state index contributed by atoms with van der Waals surface area (Å²) in [5, 5.41) is 8.84. The van der Waals surface area contributed by atoms with Crippen LogP contribution in [-0.4, -0.2) is 25.8 Å². The molecule has 1 heterocycles. The minimum atomic E-state index is 0.292. The van der Waals surface area contributed by atoms with Crippen molar-refractivity contribution in [1.29, 1.82) is 5.26 Å². The van der Waals surface area contributed by atoms with Gasteiger partial charge in [-0.05, 0) is 24.6 Å². The van der Waals surface area contributed by atoms with Crippen LogP contribution in [0.15, 0.2) is 18.2 Å². The zero-order valence-corrected chi connectivity index (χ0v) is 10.0. The zero-order chi connectivity index (χ0) is 12.3. The molecule has 17 heavy (non-hydrogen) atoms. The number of nitrogen functional groups attached to an aromatic ring is 1. The summed E-state index contributed by atoms with van der Waals surface area (Å²) < 4.78 is 5.63. The highest BCUT2D eigenvalue weighted by Gasteiger charge is 2.19. The molecule has 0 saturated carbocycles. The highest BCUT2D eigenvalue weighted by Crippen LogP contribution is 2.23. The van der Waals surface area contributed by atoms with E-state index in [4.69, 9.17) is 15.7 Å². The maximum Gasteiger partial charge on any atom is 0.101 e. The van der Waals surface area contributed by atoms with Gasteiger partial charge in [0.15, 0.2) is 0 Å². The van der Waals surface area contributed by atoms with E-state index in [9.17, 15) is 0 Å². The lowest BCUT2D eigenvalue weighted by Gasteiger charge is -2.34. The molecule has 1 aromatic carbocycles. The third kappa shape index (κ3) is 2.51. The van der Waals surface area contributed by atoms with Crippen LogP contribution >= 0.6 is 0 Å². The number of nitrogens with two attached hydrogens (primary N) is 1. The lowest BCUT2D eigenvalue weighted by atomic mass is 10.1. The maximum absolute atomic E-state index is 8.84. The topological polar surface area (TPSA) is 62.3 Å². The fourth-order valence-corrected chi connectivity index (χ4v) is 2.05. The third-order valence-corrected chi connectivity index (χ3v) is 3.11. The van der Waals surface area contributed by atoms with Crippen molar-refractivity contribution in [2.24, 2.45) is 0 Å². The third-order valence-electron chi connectivity index (χ3n) is 3.11. The summed E-state index contributed by atoms with van der Waals surface area (Å²) in [6.07, 6.45) is 1.31. The Morgan fingerprint density at radius 1 is 1.59 bits per heavy atom. The van der Waals surface area contributed by atoms with Gasteiger partial charge >= 0.3 is 0 Å². The maximum atomic E-state index is 8.84. The summed E-state index contributed by atoms with van der Waals surface area (Å²) in [4.78, 5) is 2.26. The predicted octanol–water partition coefficient (Wildman–Crippen LogP) is 1.76. The molecule has 2 N–H and O–H groups in total. The van der Waals surface area contributed by atoms with Gasteiger partial charge in [-0.3, -0.25) is 0 Å². The summed E-state index contributed by atoms with van der Waals surface area (Å²) in [7, 11) is 0. The van der Waals surface area contributed by atoms with Crippen molar-refractivity contribution in [1.82, 2.24) is 0 Å². The van der Waals surface area contributed by atoms with Crippen LogP contribution in [-0.2, 0) is 4.74 Å². The molecule has 0 spiro atoms. The fraction of sp³-hybridized carbons (Fsp3) is 0.462. The number of ether oxygens (including phenoxy) is 1. The van der Waals surface area contributed by atoms with Gasteiger partial charge in [0.2, 0.25) is 0 Å². The Bertz CT molecular complexity index is 439. The second kappa shape index (κ2) is 5.07. The molecule has 0 aliphatic carbocycles. The first kappa shape index (κ1) is 11.7. The van der Waals surface area contributed by atoms with Crippen LogP contribution in [0.5, 0.6) is 0 Å². The number of hydrogen-bond donors (Lipinski definition) is 1. The van der Waals surface area contributed by atoms with Gasteiger partial charge in [0, 0.05) is 18.8 Å². The molecule has 0 aromatic heterocycles. The van der Waals surface area contributed by atoms with E-state index in [1.54, 1.807) is 6.07 Å². The first-order chi connectivity index (χ1) is 8.24. The van der Waals surface area contributed by atoms with Crippen molar-refractivity contribution in [2.75, 3.05) is 30.3 Å². The molecule has 4 heteroatoms. The normalized spacial score (nSPS) is 20.0. The summed E-state index contributed by atoms with van der Waals surface area (Å²) >= 11 is 0. The van der Waals surface area contributed by atoms with Crippen molar-refractivity contribution < 1.29 is 4.74 Å². The van der Waals surface area contributed by atoms with Crippen LogP contribution in [0.25, 0.3) is 0 Å². The average molecular weight is 231 g/mol. The lowest BCUT2D eigenvalue weighted by Crippen LogP contribution is -2.42. The molecule has 90 valence electrons. The molecular weight excluding hydrogens is 214 g/mol. The molecule has 1 unspecified atom stereocenters. The summed E-state index contributed by atoms with van der Waals surface area (Å²) in [5.41, 5.74) is 7.98. The van der Waals surface area contributed by atoms with E-state index in [1.165, 1.54) is 0 Å². The van der Waals surface area contributed by atoms with E-state index < -0.39 is 0 Å². The van der Waals surface area contributed by atoms with Gasteiger partial charge in [-0.1, -0.05) is 6.92 Å². The summed E-state index contributed by atoms with van der Waals surface area (Å²) in [6, 6.07) is 7.68. The smallest absolute Gasteiger partial charge is 0.101 e. The Morgan fingerprint density at radius 2 is 2.41 bits per heavy atom. The van der Waals surface area contributed by atoms with Gasteiger partial charge in [0.05, 0.1) is 24.0 Å². The molecule has 1 aliphatic rings. The van der Waals surface area contributed by atoms with Crippen molar-refractivity contribution in [3.63, 3.8) is 0 Å². The van der Waals surface area contributed by atoms with Crippen LogP contribution in [0.2, 0.25) is 0 Å². The van der Waals surface area contributed by atoms with Crippen molar-refractivity contribution >= 4 is 11.4 Å². The number of rotatable bonds is 2. The minimum Gasteiger partial charge on any atom is -0.398 e. The molecule has 1 atom stereocenters. The Morgan fingerprint density at radius 3 is 3.06 bits per heavy atom. The Hall–Kier alpha value is -1.73. The van der Waals surface area contributed by atoms with Gasteiger partial charge < -0.3 is 15.4 Å². The lowest BCUT2D eigenvalue weighted by molar-refractivity contribution is 0.0384. The molecular formula is C13H17N3O. The largest absolute Gasteiger partial charge is 0.398 e. The van der Waals surface area contributed by atoms with E-state index in [2.05, 4.69) is 17.9 Å². The Balaban J connectivity index is 2.17. The zero-order valence-electron chi connectivity index (χ0n) is 10.0. The number of hydrogen-bond acceptors (Lipinski definition) is 4. The molecule has 0 radical (unpaired) electrons. The fourth-order valence-electron chi connectivity index (χ4n) is 2.05. The standard InChI is InChI=1S/C13H17N3O/c1-2-12-9-16(5-6-17-12)11-4-3-10(8-14)13(15)7-11/h3-4,7,12H,2,5-6,9,15H2,1H3. The molecule has 0 bridgehead atoms. The van der Waals surface area contributed by atoms with E-state index in [-0.39, 0.29) is 0 Å². The average Bonchev–Trinajstić information content (AvgIpc) is 2.38. The number of morpholine rings is 1. The molecule has 2 rings (SSSR count). The van der Waals surface area contributed by atoms with Gasteiger partial charge in [0.1, 0.15) is 6.07 Å². The van der Waals surface area contributed by atoms with Crippen LogP contribution < -0.4 is 10.6 Å². The van der Waals surface area contributed by atoms with Crippen molar-refractivity contribution in [3.05, 3.63) is 23.8 Å². The number of nitriles is 1. The second-order valence-corrected chi connectivity index (χ2v) is 4.23. The second-order valence-electron chi connectivity index (χ2n) is 4.23. The Labute approximate surface area is 102 Å². The predicted molar refractivity (Wildman–Crippen MR) is 67.8 cm³/mol. The first-order valence-electron chi connectivity index (χ1n) is 5.90. The van der Waals surface area contributed by atoms with E-state index >= 15 is 0 Å². The number of anilines is 2. The minimum absolute atomic E-state index is 0.292. The van der Waals surface area contributed by atoms with Gasteiger partial charge in [-0.25, -0.2) is 0 Å². The van der Waals surface area contributed by atoms with Crippen LogP contribution in [0, 0.1) is 11.3 Å². The molecule has 1 fully saturated rings. The van der Waals surface area contributed by atoms with Crippen molar-refractivity contribution in [2.45, 2.75) is 19.4 Å². The molecule has 1 aromatic rings. The molecule has 1 saturated heterocycles. The van der Waals surface area contributed by atoms with Gasteiger partial charge in [-0.2, -0.15) is 5.26 Å². The molecule has 1 aliphatic heterocycles. The van der Waals surface area contributed by atoms with E-state index in [0.29, 0.717) is 17.4 Å². The van der Waals surface area contributed by atoms with Crippen LogP contribution in [0.4, 0.5) is 11.4 Å².